The van der Waals surface area contributed by atoms with E-state index in [1.54, 1.807) is 13.8 Å². The summed E-state index contributed by atoms with van der Waals surface area (Å²) in [5, 5.41) is 2.69. The molecule has 2 aromatic rings. The lowest BCUT2D eigenvalue weighted by molar-refractivity contribution is 0.0527. The van der Waals surface area contributed by atoms with Crippen molar-refractivity contribution in [2.24, 2.45) is 0 Å². The van der Waals surface area contributed by atoms with E-state index in [9.17, 15) is 14.4 Å². The van der Waals surface area contributed by atoms with Crippen LogP contribution >= 0.6 is 11.3 Å². The van der Waals surface area contributed by atoms with Gasteiger partial charge in [-0.2, -0.15) is 0 Å². The molecule has 0 saturated heterocycles. The van der Waals surface area contributed by atoms with Gasteiger partial charge < -0.3 is 14.2 Å². The summed E-state index contributed by atoms with van der Waals surface area (Å²) in [5.74, 6) is -1.25. The third-order valence-electron chi connectivity index (χ3n) is 3.57. The zero-order valence-corrected chi connectivity index (χ0v) is 16.5. The van der Waals surface area contributed by atoms with Gasteiger partial charge in [0.05, 0.1) is 12.2 Å². The van der Waals surface area contributed by atoms with Gasteiger partial charge in [-0.05, 0) is 25.0 Å². The first kappa shape index (κ1) is 21.2. The average Bonchev–Trinajstić information content (AvgIpc) is 3.01. The zero-order chi connectivity index (χ0) is 20.5. The van der Waals surface area contributed by atoms with Gasteiger partial charge in [0, 0.05) is 0 Å². The Morgan fingerprint density at radius 1 is 1.11 bits per heavy atom. The molecule has 0 fully saturated rings. The highest BCUT2D eigenvalue weighted by Crippen LogP contribution is 2.34. The number of benzene rings is 1. The van der Waals surface area contributed by atoms with Crippen LogP contribution in [0, 0.1) is 6.92 Å². The molecule has 148 valence electrons. The van der Waals surface area contributed by atoms with Gasteiger partial charge in [0.25, 0.3) is 0 Å². The molecule has 0 atom stereocenters. The van der Waals surface area contributed by atoms with E-state index in [1.165, 1.54) is 6.08 Å². The van der Waals surface area contributed by atoms with Crippen molar-refractivity contribution in [3.63, 3.8) is 0 Å². The Labute approximate surface area is 166 Å². The van der Waals surface area contributed by atoms with Crippen LogP contribution in [-0.4, -0.2) is 31.2 Å². The van der Waals surface area contributed by atoms with Gasteiger partial charge in [-0.1, -0.05) is 43.0 Å². The Morgan fingerprint density at radius 3 is 2.46 bits per heavy atom. The lowest BCUT2D eigenvalue weighted by Gasteiger charge is -2.08. The molecule has 28 heavy (non-hydrogen) atoms. The van der Waals surface area contributed by atoms with E-state index in [-0.39, 0.29) is 35.3 Å². The minimum absolute atomic E-state index is 0.0345. The summed E-state index contributed by atoms with van der Waals surface area (Å²) < 4.78 is 15.3. The van der Waals surface area contributed by atoms with E-state index in [1.807, 2.05) is 30.3 Å². The minimum Gasteiger partial charge on any atom is -0.462 e. The Balaban J connectivity index is 2.20. The van der Waals surface area contributed by atoms with Gasteiger partial charge in [0.1, 0.15) is 23.1 Å². The molecule has 1 aromatic heterocycles. The molecule has 0 saturated carbocycles. The Morgan fingerprint density at radius 2 is 1.82 bits per heavy atom. The SMILES string of the molecule is C=CCOC(=O)c1sc(NC(=O)OCc2ccccc2)c(C(=O)OCC)c1C. The molecule has 0 bridgehead atoms. The second-order valence-electron chi connectivity index (χ2n) is 5.55. The third kappa shape index (κ3) is 5.43. The van der Waals surface area contributed by atoms with Crippen LogP contribution in [0.5, 0.6) is 0 Å². The molecule has 8 heteroatoms. The molecule has 0 radical (unpaired) electrons. The molecular formula is C20H21NO6S. The second-order valence-corrected chi connectivity index (χ2v) is 6.58. The van der Waals surface area contributed by atoms with E-state index >= 15 is 0 Å². The monoisotopic (exact) mass is 403 g/mol. The lowest BCUT2D eigenvalue weighted by Crippen LogP contribution is -2.16. The number of anilines is 1. The third-order valence-corrected chi connectivity index (χ3v) is 4.76. The largest absolute Gasteiger partial charge is 0.462 e. The predicted octanol–water partition coefficient (Wildman–Crippen LogP) is 4.32. The van der Waals surface area contributed by atoms with Crippen molar-refractivity contribution < 1.29 is 28.6 Å². The molecule has 2 rings (SSSR count). The zero-order valence-electron chi connectivity index (χ0n) is 15.7. The molecule has 0 aliphatic carbocycles. The maximum Gasteiger partial charge on any atom is 0.412 e. The highest BCUT2D eigenvalue weighted by atomic mass is 32.1. The summed E-state index contributed by atoms with van der Waals surface area (Å²) in [6.07, 6.45) is 0.689. The Hall–Kier alpha value is -3.13. The van der Waals surface area contributed by atoms with Crippen molar-refractivity contribution >= 4 is 34.4 Å². The number of thiophene rings is 1. The smallest absolute Gasteiger partial charge is 0.412 e. The molecule has 0 aliphatic heterocycles. The fourth-order valence-electron chi connectivity index (χ4n) is 2.30. The number of rotatable bonds is 8. The van der Waals surface area contributed by atoms with Crippen molar-refractivity contribution in [1.29, 1.82) is 0 Å². The van der Waals surface area contributed by atoms with E-state index < -0.39 is 18.0 Å². The van der Waals surface area contributed by atoms with Crippen LogP contribution in [0.3, 0.4) is 0 Å². The van der Waals surface area contributed by atoms with Crippen LogP contribution in [0.4, 0.5) is 9.80 Å². The molecule has 1 aromatic carbocycles. The van der Waals surface area contributed by atoms with Crippen molar-refractivity contribution in [3.8, 4) is 0 Å². The topological polar surface area (TPSA) is 90.9 Å². The number of hydrogen-bond donors (Lipinski definition) is 1. The van der Waals surface area contributed by atoms with E-state index in [4.69, 9.17) is 14.2 Å². The fraction of sp³-hybridized carbons (Fsp3) is 0.250. The maximum absolute atomic E-state index is 12.3. The second kappa shape index (κ2) is 10.3. The van der Waals surface area contributed by atoms with Crippen molar-refractivity contribution in [3.05, 3.63) is 64.6 Å². The number of hydrogen-bond acceptors (Lipinski definition) is 7. The molecule has 7 nitrogen and oxygen atoms in total. The average molecular weight is 403 g/mol. The van der Waals surface area contributed by atoms with Gasteiger partial charge in [-0.25, -0.2) is 14.4 Å². The summed E-state index contributed by atoms with van der Waals surface area (Å²) in [6, 6.07) is 9.16. The van der Waals surface area contributed by atoms with E-state index in [2.05, 4.69) is 11.9 Å². The molecule has 0 unspecified atom stereocenters. The number of carbonyl (C=O) groups excluding carboxylic acids is 3. The molecule has 1 amide bonds. The number of esters is 2. The van der Waals surface area contributed by atoms with Crippen molar-refractivity contribution in [2.45, 2.75) is 20.5 Å². The van der Waals surface area contributed by atoms with Crippen molar-refractivity contribution in [1.82, 2.24) is 0 Å². The van der Waals surface area contributed by atoms with Gasteiger partial charge in [0.2, 0.25) is 0 Å². The number of carbonyl (C=O) groups is 3. The molecule has 0 spiro atoms. The van der Waals surface area contributed by atoms with Gasteiger partial charge in [-0.3, -0.25) is 5.32 Å². The van der Waals surface area contributed by atoms with Crippen LogP contribution in [0.2, 0.25) is 0 Å². The normalized spacial score (nSPS) is 10.1. The lowest BCUT2D eigenvalue weighted by atomic mass is 10.1. The molecule has 0 aliphatic rings. The minimum atomic E-state index is -0.748. The van der Waals surface area contributed by atoms with Gasteiger partial charge in [-0.15, -0.1) is 11.3 Å². The summed E-state index contributed by atoms with van der Waals surface area (Å²) >= 11 is 0.927. The first-order chi connectivity index (χ1) is 13.5. The summed E-state index contributed by atoms with van der Waals surface area (Å²) in [5.41, 5.74) is 1.30. The molecule has 1 N–H and O–H groups in total. The highest BCUT2D eigenvalue weighted by Gasteiger charge is 2.27. The number of amides is 1. The Bertz CT molecular complexity index is 859. The van der Waals surface area contributed by atoms with Crippen LogP contribution in [0.15, 0.2) is 43.0 Å². The fourth-order valence-corrected chi connectivity index (χ4v) is 3.37. The predicted molar refractivity (Wildman–Crippen MR) is 106 cm³/mol. The standard InChI is InChI=1S/C20H21NO6S/c1-4-11-26-19(23)16-13(3)15(18(22)25-5-2)17(28-16)21-20(24)27-12-14-9-7-6-8-10-14/h4,6-10H,1,5,11-12H2,2-3H3,(H,21,24). The Kier molecular flexibility index (Phi) is 7.76. The van der Waals surface area contributed by atoms with E-state index in [0.717, 1.165) is 16.9 Å². The van der Waals surface area contributed by atoms with Crippen LogP contribution in [0.1, 0.15) is 38.1 Å². The number of ether oxygens (including phenoxy) is 3. The quantitative estimate of drug-likeness (QED) is 0.401. The summed E-state index contributed by atoms with van der Waals surface area (Å²) in [7, 11) is 0. The van der Waals surface area contributed by atoms with Gasteiger partial charge in [0.15, 0.2) is 0 Å². The highest BCUT2D eigenvalue weighted by molar-refractivity contribution is 7.18. The molecular weight excluding hydrogens is 382 g/mol. The van der Waals surface area contributed by atoms with Crippen LogP contribution in [-0.2, 0) is 20.8 Å². The van der Waals surface area contributed by atoms with Crippen LogP contribution < -0.4 is 5.32 Å². The van der Waals surface area contributed by atoms with Crippen LogP contribution in [0.25, 0.3) is 0 Å². The first-order valence-corrected chi connectivity index (χ1v) is 9.35. The summed E-state index contributed by atoms with van der Waals surface area (Å²) in [4.78, 5) is 36.9. The molecule has 1 heterocycles. The number of nitrogens with one attached hydrogen (secondary N) is 1. The summed E-state index contributed by atoms with van der Waals surface area (Å²) in [6.45, 7) is 7.00. The first-order valence-electron chi connectivity index (χ1n) is 8.54. The van der Waals surface area contributed by atoms with E-state index in [0.29, 0.717) is 5.56 Å². The van der Waals surface area contributed by atoms with Crippen molar-refractivity contribution in [2.75, 3.05) is 18.5 Å². The maximum atomic E-state index is 12.3. The van der Waals surface area contributed by atoms with Gasteiger partial charge >= 0.3 is 18.0 Å².